The number of hydrogen-bond donors (Lipinski definition) is 3. The Morgan fingerprint density at radius 1 is 1.26 bits per heavy atom. The van der Waals surface area contributed by atoms with Gasteiger partial charge in [-0.1, -0.05) is 32.0 Å². The molecule has 0 fully saturated rings. The first-order chi connectivity index (χ1) is 12.6. The van der Waals surface area contributed by atoms with E-state index in [1.54, 1.807) is 12.1 Å². The van der Waals surface area contributed by atoms with Gasteiger partial charge in [-0.2, -0.15) is 0 Å². The number of rotatable bonds is 4. The minimum atomic E-state index is -3.61. The van der Waals surface area contributed by atoms with Gasteiger partial charge in [0.15, 0.2) is 0 Å². The maximum absolute atomic E-state index is 12.2. The van der Waals surface area contributed by atoms with E-state index in [-0.39, 0.29) is 11.5 Å². The SMILES string of the molecule is CC1(C)CC(c2cccc(C=N)c2)Nc2ccc(C(=O)NS(C)(=O)=O)cc21. The van der Waals surface area contributed by atoms with Crippen molar-refractivity contribution in [2.45, 2.75) is 31.7 Å². The van der Waals surface area contributed by atoms with Gasteiger partial charge in [0.2, 0.25) is 10.0 Å². The monoisotopic (exact) mass is 385 g/mol. The van der Waals surface area contributed by atoms with Crippen LogP contribution in [0, 0.1) is 5.41 Å². The molecule has 0 saturated carbocycles. The van der Waals surface area contributed by atoms with Gasteiger partial charge in [-0.05, 0) is 52.8 Å². The zero-order chi connectivity index (χ0) is 19.8. The summed E-state index contributed by atoms with van der Waals surface area (Å²) in [6.07, 6.45) is 3.10. The molecule has 0 bridgehead atoms. The van der Waals surface area contributed by atoms with Crippen LogP contribution in [0.3, 0.4) is 0 Å². The van der Waals surface area contributed by atoms with E-state index in [9.17, 15) is 13.2 Å². The first kappa shape index (κ1) is 19.1. The Kier molecular flexibility index (Phi) is 4.82. The van der Waals surface area contributed by atoms with Crippen molar-refractivity contribution in [1.82, 2.24) is 4.72 Å². The largest absolute Gasteiger partial charge is 0.378 e. The number of anilines is 1. The average molecular weight is 385 g/mol. The molecular formula is C20H23N3O3S. The van der Waals surface area contributed by atoms with E-state index in [4.69, 9.17) is 5.41 Å². The first-order valence-corrected chi connectivity index (χ1v) is 10.5. The molecule has 3 rings (SSSR count). The van der Waals surface area contributed by atoms with Gasteiger partial charge in [-0.25, -0.2) is 13.1 Å². The number of sulfonamides is 1. The summed E-state index contributed by atoms with van der Waals surface area (Å²) in [5.41, 5.74) is 3.96. The van der Waals surface area contributed by atoms with Crippen LogP contribution in [0.15, 0.2) is 42.5 Å². The third-order valence-electron chi connectivity index (χ3n) is 4.81. The Hall–Kier alpha value is -2.67. The standard InChI is InChI=1S/C20H23N3O3S/c1-20(2)11-18(14-6-4-5-13(9-14)12-21)22-17-8-7-15(10-16(17)20)19(24)23-27(3,25)26/h4-10,12,18,21-22H,11H2,1-3H3,(H,23,24). The van der Waals surface area contributed by atoms with Crippen LogP contribution in [0.4, 0.5) is 5.69 Å². The van der Waals surface area contributed by atoms with Crippen molar-refractivity contribution in [3.8, 4) is 0 Å². The van der Waals surface area contributed by atoms with Crippen LogP contribution in [0.25, 0.3) is 0 Å². The molecule has 1 heterocycles. The topological polar surface area (TPSA) is 99.1 Å². The summed E-state index contributed by atoms with van der Waals surface area (Å²) in [6.45, 7) is 4.22. The van der Waals surface area contributed by atoms with Crippen molar-refractivity contribution in [2.75, 3.05) is 11.6 Å². The third-order valence-corrected chi connectivity index (χ3v) is 5.37. The Bertz CT molecular complexity index is 1010. The molecule has 3 N–H and O–H groups in total. The minimum Gasteiger partial charge on any atom is -0.378 e. The highest BCUT2D eigenvalue weighted by atomic mass is 32.2. The molecule has 0 radical (unpaired) electrons. The van der Waals surface area contributed by atoms with E-state index < -0.39 is 15.9 Å². The maximum Gasteiger partial charge on any atom is 0.264 e. The highest BCUT2D eigenvalue weighted by Crippen LogP contribution is 2.44. The zero-order valence-corrected chi connectivity index (χ0v) is 16.4. The van der Waals surface area contributed by atoms with Crippen molar-refractivity contribution < 1.29 is 13.2 Å². The van der Waals surface area contributed by atoms with Gasteiger partial charge in [-0.3, -0.25) is 4.79 Å². The Balaban J connectivity index is 1.94. The predicted molar refractivity (Wildman–Crippen MR) is 107 cm³/mol. The van der Waals surface area contributed by atoms with Gasteiger partial charge >= 0.3 is 0 Å². The van der Waals surface area contributed by atoms with Crippen LogP contribution in [-0.2, 0) is 15.4 Å². The highest BCUT2D eigenvalue weighted by molar-refractivity contribution is 7.89. The van der Waals surface area contributed by atoms with Crippen LogP contribution in [0.2, 0.25) is 0 Å². The fraction of sp³-hybridized carbons (Fsp3) is 0.300. The first-order valence-electron chi connectivity index (χ1n) is 8.63. The minimum absolute atomic E-state index is 0.0862. The summed E-state index contributed by atoms with van der Waals surface area (Å²) in [6, 6.07) is 13.2. The predicted octanol–water partition coefficient (Wildman–Crippen LogP) is 3.21. The summed E-state index contributed by atoms with van der Waals surface area (Å²) >= 11 is 0. The second-order valence-corrected chi connectivity index (χ2v) is 9.31. The summed E-state index contributed by atoms with van der Waals surface area (Å²) in [4.78, 5) is 12.2. The molecule has 1 unspecified atom stereocenters. The summed E-state index contributed by atoms with van der Waals surface area (Å²) < 4.78 is 24.7. The quantitative estimate of drug-likeness (QED) is 0.704. The molecule has 1 aliphatic rings. The molecule has 2 aromatic rings. The Morgan fingerprint density at radius 3 is 2.67 bits per heavy atom. The number of carbonyl (C=O) groups excluding carboxylic acids is 1. The second-order valence-electron chi connectivity index (χ2n) is 7.56. The molecule has 0 aromatic heterocycles. The van der Waals surface area contributed by atoms with Crippen molar-refractivity contribution >= 4 is 27.8 Å². The third kappa shape index (κ3) is 4.19. The fourth-order valence-electron chi connectivity index (χ4n) is 3.52. The second kappa shape index (κ2) is 6.81. The highest BCUT2D eigenvalue weighted by Gasteiger charge is 2.34. The van der Waals surface area contributed by atoms with Crippen LogP contribution in [-0.4, -0.2) is 26.8 Å². The van der Waals surface area contributed by atoms with Gasteiger partial charge in [0.05, 0.1) is 12.3 Å². The molecule has 1 aliphatic heterocycles. The summed E-state index contributed by atoms with van der Waals surface area (Å²) in [5.74, 6) is -0.628. The van der Waals surface area contributed by atoms with E-state index in [0.717, 1.165) is 35.1 Å². The van der Waals surface area contributed by atoms with Crippen molar-refractivity contribution in [3.05, 3.63) is 64.7 Å². The molecule has 0 saturated heterocycles. The van der Waals surface area contributed by atoms with Gasteiger partial charge in [0, 0.05) is 17.5 Å². The average Bonchev–Trinajstić information content (AvgIpc) is 2.59. The number of amides is 1. The summed E-state index contributed by atoms with van der Waals surface area (Å²) in [7, 11) is -3.61. The van der Waals surface area contributed by atoms with Crippen LogP contribution in [0.5, 0.6) is 0 Å². The fourth-order valence-corrected chi connectivity index (χ4v) is 3.98. The van der Waals surface area contributed by atoms with Gasteiger partial charge in [-0.15, -0.1) is 0 Å². The van der Waals surface area contributed by atoms with Crippen molar-refractivity contribution in [3.63, 3.8) is 0 Å². The number of fused-ring (bicyclic) bond motifs is 1. The van der Waals surface area contributed by atoms with E-state index in [1.165, 1.54) is 6.21 Å². The molecule has 0 spiro atoms. The lowest BCUT2D eigenvalue weighted by molar-refractivity contribution is 0.0981. The van der Waals surface area contributed by atoms with Crippen LogP contribution >= 0.6 is 0 Å². The number of carbonyl (C=O) groups is 1. The molecular weight excluding hydrogens is 362 g/mol. The molecule has 27 heavy (non-hydrogen) atoms. The van der Waals surface area contributed by atoms with Crippen molar-refractivity contribution in [1.29, 1.82) is 5.41 Å². The normalized spacial score (nSPS) is 18.1. The zero-order valence-electron chi connectivity index (χ0n) is 15.5. The number of hydrogen-bond acceptors (Lipinski definition) is 5. The smallest absolute Gasteiger partial charge is 0.264 e. The van der Waals surface area contributed by atoms with Gasteiger partial charge in [0.25, 0.3) is 5.91 Å². The molecule has 6 nitrogen and oxygen atoms in total. The number of nitrogens with one attached hydrogen (secondary N) is 3. The lowest BCUT2D eigenvalue weighted by Crippen LogP contribution is -2.33. The van der Waals surface area contributed by atoms with Crippen LogP contribution < -0.4 is 10.0 Å². The van der Waals surface area contributed by atoms with E-state index in [0.29, 0.717) is 5.56 Å². The van der Waals surface area contributed by atoms with E-state index in [2.05, 4.69) is 19.2 Å². The molecule has 7 heteroatoms. The Labute approximate surface area is 159 Å². The van der Waals surface area contributed by atoms with Crippen molar-refractivity contribution in [2.24, 2.45) is 0 Å². The molecule has 0 aliphatic carbocycles. The summed E-state index contributed by atoms with van der Waals surface area (Å²) in [5, 5.41) is 11.0. The van der Waals surface area contributed by atoms with Gasteiger partial charge < -0.3 is 10.7 Å². The van der Waals surface area contributed by atoms with E-state index >= 15 is 0 Å². The molecule has 1 atom stereocenters. The maximum atomic E-state index is 12.2. The number of benzene rings is 2. The van der Waals surface area contributed by atoms with Crippen LogP contribution in [0.1, 0.15) is 53.4 Å². The lowest BCUT2D eigenvalue weighted by atomic mass is 9.73. The Morgan fingerprint density at radius 2 is 2.00 bits per heavy atom. The lowest BCUT2D eigenvalue weighted by Gasteiger charge is -2.39. The van der Waals surface area contributed by atoms with E-state index in [1.807, 2.05) is 35.1 Å². The molecule has 1 amide bonds. The molecule has 142 valence electrons. The van der Waals surface area contributed by atoms with Gasteiger partial charge in [0.1, 0.15) is 0 Å². The molecule has 2 aromatic carbocycles.